The maximum atomic E-state index is 13.0. The van der Waals surface area contributed by atoms with Crippen LogP contribution >= 0.6 is 0 Å². The lowest BCUT2D eigenvalue weighted by Crippen LogP contribution is -2.23. The molecule has 9 nitrogen and oxygen atoms in total. The molecule has 0 aliphatic heterocycles. The van der Waals surface area contributed by atoms with Crippen LogP contribution in [0.1, 0.15) is 0 Å². The van der Waals surface area contributed by atoms with Crippen molar-refractivity contribution in [3.05, 3.63) is 47.0 Å². The zero-order valence-corrected chi connectivity index (χ0v) is 15.7. The molecule has 2 heterocycles. The van der Waals surface area contributed by atoms with Crippen LogP contribution in [0.4, 0.5) is 0 Å². The summed E-state index contributed by atoms with van der Waals surface area (Å²) in [5, 5.41) is 8.67. The molecule has 2 aromatic heterocycles. The predicted molar refractivity (Wildman–Crippen MR) is 103 cm³/mol. The Morgan fingerprint density at radius 2 is 1.79 bits per heavy atom. The Bertz CT molecular complexity index is 1210. The first-order valence-corrected chi connectivity index (χ1v) is 8.64. The van der Waals surface area contributed by atoms with Gasteiger partial charge in [0.25, 0.3) is 5.56 Å². The van der Waals surface area contributed by atoms with E-state index in [0.29, 0.717) is 41.2 Å². The molecule has 0 unspecified atom stereocenters. The summed E-state index contributed by atoms with van der Waals surface area (Å²) < 4.78 is 19.4. The predicted octanol–water partition coefficient (Wildman–Crippen LogP) is 1.87. The van der Waals surface area contributed by atoms with Crippen molar-refractivity contribution < 1.29 is 14.2 Å². The van der Waals surface area contributed by atoms with Crippen LogP contribution in [0.25, 0.3) is 21.9 Å². The molecule has 144 valence electrons. The van der Waals surface area contributed by atoms with Crippen LogP contribution in [0.15, 0.2) is 41.5 Å². The van der Waals surface area contributed by atoms with Crippen molar-refractivity contribution in [2.75, 3.05) is 21.3 Å². The number of benzene rings is 2. The van der Waals surface area contributed by atoms with E-state index in [1.165, 1.54) is 32.2 Å². The van der Waals surface area contributed by atoms with Gasteiger partial charge in [0.15, 0.2) is 11.5 Å². The summed E-state index contributed by atoms with van der Waals surface area (Å²) >= 11 is 0. The molecule has 0 atom stereocenters. The third-order valence-corrected chi connectivity index (χ3v) is 4.59. The minimum atomic E-state index is -0.200. The first kappa shape index (κ1) is 17.8. The SMILES string of the molecule is COc1cc2c(=O)n(CCn3nnc4ccccc43)cnc2c(OC)c1OC. The molecule has 0 fully saturated rings. The van der Waals surface area contributed by atoms with Crippen molar-refractivity contribution in [1.29, 1.82) is 0 Å². The maximum absolute atomic E-state index is 13.0. The fraction of sp³-hybridized carbons (Fsp3) is 0.263. The molecule has 0 radical (unpaired) electrons. The molecule has 4 aromatic rings. The topological polar surface area (TPSA) is 93.3 Å². The smallest absolute Gasteiger partial charge is 0.261 e. The Labute approximate surface area is 160 Å². The summed E-state index contributed by atoms with van der Waals surface area (Å²) in [5.41, 5.74) is 1.95. The highest BCUT2D eigenvalue weighted by Crippen LogP contribution is 2.41. The van der Waals surface area contributed by atoms with Crippen molar-refractivity contribution >= 4 is 21.9 Å². The van der Waals surface area contributed by atoms with Crippen molar-refractivity contribution in [3.8, 4) is 17.2 Å². The van der Waals surface area contributed by atoms with Crippen LogP contribution in [0, 0.1) is 0 Å². The number of methoxy groups -OCH3 is 3. The Kier molecular flexibility index (Phi) is 4.56. The van der Waals surface area contributed by atoms with Gasteiger partial charge in [-0.1, -0.05) is 17.3 Å². The van der Waals surface area contributed by atoms with Crippen LogP contribution in [-0.2, 0) is 13.1 Å². The molecule has 0 saturated heterocycles. The van der Waals surface area contributed by atoms with Crippen molar-refractivity contribution in [1.82, 2.24) is 24.5 Å². The average Bonchev–Trinajstić information content (AvgIpc) is 3.15. The van der Waals surface area contributed by atoms with Gasteiger partial charge >= 0.3 is 0 Å². The van der Waals surface area contributed by atoms with Gasteiger partial charge in [-0.25, -0.2) is 9.67 Å². The van der Waals surface area contributed by atoms with E-state index in [2.05, 4.69) is 15.3 Å². The summed E-state index contributed by atoms with van der Waals surface area (Å²) in [6, 6.07) is 9.30. The van der Waals surface area contributed by atoms with E-state index in [0.717, 1.165) is 11.0 Å². The van der Waals surface area contributed by atoms with Gasteiger partial charge in [0.2, 0.25) is 5.75 Å². The molecular formula is C19H19N5O4. The summed E-state index contributed by atoms with van der Waals surface area (Å²) in [6.07, 6.45) is 1.50. The largest absolute Gasteiger partial charge is 0.493 e. The Morgan fingerprint density at radius 1 is 1.00 bits per heavy atom. The monoisotopic (exact) mass is 381 g/mol. The molecular weight excluding hydrogens is 362 g/mol. The minimum Gasteiger partial charge on any atom is -0.493 e. The van der Waals surface area contributed by atoms with E-state index in [1.807, 2.05) is 24.3 Å². The van der Waals surface area contributed by atoms with E-state index < -0.39 is 0 Å². The molecule has 0 saturated carbocycles. The van der Waals surface area contributed by atoms with Crippen LogP contribution in [0.2, 0.25) is 0 Å². The summed E-state index contributed by atoms with van der Waals surface area (Å²) in [5.74, 6) is 1.17. The van der Waals surface area contributed by atoms with E-state index in [-0.39, 0.29) is 5.56 Å². The number of aryl methyl sites for hydroxylation is 2. The minimum absolute atomic E-state index is 0.200. The quantitative estimate of drug-likeness (QED) is 0.503. The second-order valence-electron chi connectivity index (χ2n) is 6.09. The number of rotatable bonds is 6. The molecule has 2 aromatic carbocycles. The van der Waals surface area contributed by atoms with Crippen LogP contribution < -0.4 is 19.8 Å². The molecule has 0 bridgehead atoms. The third kappa shape index (κ3) is 2.81. The van der Waals surface area contributed by atoms with E-state index in [4.69, 9.17) is 14.2 Å². The van der Waals surface area contributed by atoms with Crippen LogP contribution in [0.3, 0.4) is 0 Å². The molecule has 0 N–H and O–H groups in total. The Morgan fingerprint density at radius 3 is 2.54 bits per heavy atom. The molecule has 9 heteroatoms. The fourth-order valence-electron chi connectivity index (χ4n) is 3.21. The van der Waals surface area contributed by atoms with Gasteiger partial charge in [0.05, 0.1) is 45.1 Å². The second-order valence-corrected chi connectivity index (χ2v) is 6.09. The molecule has 0 aliphatic rings. The average molecular weight is 381 g/mol. The summed E-state index contributed by atoms with van der Waals surface area (Å²) in [4.78, 5) is 17.4. The van der Waals surface area contributed by atoms with Gasteiger partial charge < -0.3 is 14.2 Å². The Balaban J connectivity index is 1.74. The third-order valence-electron chi connectivity index (χ3n) is 4.59. The lowest BCUT2D eigenvalue weighted by Gasteiger charge is -2.15. The molecule has 0 spiro atoms. The van der Waals surface area contributed by atoms with Gasteiger partial charge in [0.1, 0.15) is 11.0 Å². The molecule has 0 aliphatic carbocycles. The highest BCUT2D eigenvalue weighted by Gasteiger charge is 2.19. The van der Waals surface area contributed by atoms with Gasteiger partial charge in [-0.05, 0) is 18.2 Å². The lowest BCUT2D eigenvalue weighted by atomic mass is 10.2. The zero-order valence-electron chi connectivity index (χ0n) is 15.7. The molecule has 0 amide bonds. The van der Waals surface area contributed by atoms with Gasteiger partial charge in [0, 0.05) is 6.54 Å². The second kappa shape index (κ2) is 7.18. The first-order chi connectivity index (χ1) is 13.7. The van der Waals surface area contributed by atoms with Gasteiger partial charge in [-0.15, -0.1) is 5.10 Å². The summed E-state index contributed by atoms with van der Waals surface area (Å²) in [6.45, 7) is 0.879. The highest BCUT2D eigenvalue weighted by atomic mass is 16.5. The zero-order chi connectivity index (χ0) is 19.7. The number of fused-ring (bicyclic) bond motifs is 2. The molecule has 4 rings (SSSR count). The normalized spacial score (nSPS) is 11.1. The number of hydrogen-bond donors (Lipinski definition) is 0. The van der Waals surface area contributed by atoms with Crippen LogP contribution in [0.5, 0.6) is 17.2 Å². The van der Waals surface area contributed by atoms with Crippen LogP contribution in [-0.4, -0.2) is 45.9 Å². The number of para-hydroxylation sites is 1. The van der Waals surface area contributed by atoms with Crippen molar-refractivity contribution in [2.24, 2.45) is 0 Å². The lowest BCUT2D eigenvalue weighted by molar-refractivity contribution is 0.326. The summed E-state index contributed by atoms with van der Waals surface area (Å²) in [7, 11) is 4.52. The van der Waals surface area contributed by atoms with E-state index in [9.17, 15) is 4.79 Å². The fourth-order valence-corrected chi connectivity index (χ4v) is 3.21. The van der Waals surface area contributed by atoms with Crippen molar-refractivity contribution in [3.63, 3.8) is 0 Å². The highest BCUT2D eigenvalue weighted by molar-refractivity contribution is 5.89. The standard InChI is InChI=1S/C19H19N5O4/c1-26-15-10-12-16(18(28-3)17(15)27-2)20-11-23(19(12)25)8-9-24-14-7-5-4-6-13(14)21-22-24/h4-7,10-11H,8-9H2,1-3H3. The van der Waals surface area contributed by atoms with E-state index >= 15 is 0 Å². The van der Waals surface area contributed by atoms with Crippen molar-refractivity contribution in [2.45, 2.75) is 13.1 Å². The van der Waals surface area contributed by atoms with E-state index in [1.54, 1.807) is 10.7 Å². The van der Waals surface area contributed by atoms with Gasteiger partial charge in [-0.2, -0.15) is 0 Å². The molecule has 28 heavy (non-hydrogen) atoms. The number of hydrogen-bond acceptors (Lipinski definition) is 7. The maximum Gasteiger partial charge on any atom is 0.261 e. The first-order valence-electron chi connectivity index (χ1n) is 8.64. The number of nitrogens with zero attached hydrogens (tertiary/aromatic N) is 5. The Hall–Kier alpha value is -3.62. The number of aromatic nitrogens is 5. The number of ether oxygens (including phenoxy) is 3. The van der Waals surface area contributed by atoms with Gasteiger partial charge in [-0.3, -0.25) is 9.36 Å².